The summed E-state index contributed by atoms with van der Waals surface area (Å²) >= 11 is 0. The lowest BCUT2D eigenvalue weighted by Gasteiger charge is -2.19. The van der Waals surface area contributed by atoms with E-state index in [0.717, 1.165) is 18.9 Å². The molecule has 1 aromatic rings. The van der Waals surface area contributed by atoms with E-state index >= 15 is 0 Å². The highest BCUT2D eigenvalue weighted by molar-refractivity contribution is 5.03. The van der Waals surface area contributed by atoms with E-state index in [1.165, 1.54) is 37.8 Å². The summed E-state index contributed by atoms with van der Waals surface area (Å²) in [6.45, 7) is 7.78. The lowest BCUT2D eigenvalue weighted by molar-refractivity contribution is 0.393. The normalized spacial score (nSPS) is 23.4. The van der Waals surface area contributed by atoms with E-state index in [2.05, 4.69) is 43.0 Å². The Hall–Kier alpha value is -0.830. The van der Waals surface area contributed by atoms with Crippen LogP contribution in [0.25, 0.3) is 0 Å². The van der Waals surface area contributed by atoms with Crippen molar-refractivity contribution >= 4 is 0 Å². The van der Waals surface area contributed by atoms with Gasteiger partial charge in [-0.05, 0) is 50.6 Å². The second kappa shape index (κ2) is 7.09. The van der Waals surface area contributed by atoms with Gasteiger partial charge in [0.1, 0.15) is 0 Å². The van der Waals surface area contributed by atoms with Gasteiger partial charge in [-0.15, -0.1) is 0 Å². The second-order valence-corrected chi connectivity index (χ2v) is 5.82. The molecule has 19 heavy (non-hydrogen) atoms. The summed E-state index contributed by atoms with van der Waals surface area (Å²) in [5, 5.41) is 8.43. The van der Waals surface area contributed by atoms with Crippen LogP contribution in [0.2, 0.25) is 0 Å². The Morgan fingerprint density at radius 2 is 2.11 bits per heavy atom. The van der Waals surface area contributed by atoms with Gasteiger partial charge in [0.25, 0.3) is 0 Å². The third kappa shape index (κ3) is 3.59. The molecule has 1 aliphatic rings. The van der Waals surface area contributed by atoms with Crippen LogP contribution in [-0.4, -0.2) is 22.4 Å². The Balaban J connectivity index is 1.95. The van der Waals surface area contributed by atoms with E-state index in [0.29, 0.717) is 12.1 Å². The predicted molar refractivity (Wildman–Crippen MR) is 80.4 cm³/mol. The quantitative estimate of drug-likeness (QED) is 0.815. The van der Waals surface area contributed by atoms with Gasteiger partial charge in [-0.2, -0.15) is 5.10 Å². The summed E-state index contributed by atoms with van der Waals surface area (Å²) in [7, 11) is 0. The van der Waals surface area contributed by atoms with Gasteiger partial charge in [-0.25, -0.2) is 0 Å². The Morgan fingerprint density at radius 3 is 2.79 bits per heavy atom. The standard InChI is InChI=1S/C16H29N3/c1-4-15(5-2)19-11-10-14(18-19)12-13-8-7-9-16(13)17-6-3/h10-11,13,15-17H,4-9,12H2,1-3H3. The lowest BCUT2D eigenvalue weighted by Crippen LogP contribution is -2.33. The van der Waals surface area contributed by atoms with Crippen LogP contribution in [0.3, 0.4) is 0 Å². The van der Waals surface area contributed by atoms with Gasteiger partial charge >= 0.3 is 0 Å². The number of rotatable bonds is 7. The van der Waals surface area contributed by atoms with Crippen LogP contribution in [-0.2, 0) is 6.42 Å². The summed E-state index contributed by atoms with van der Waals surface area (Å²) < 4.78 is 2.17. The summed E-state index contributed by atoms with van der Waals surface area (Å²) in [5.74, 6) is 0.782. The zero-order valence-corrected chi connectivity index (χ0v) is 12.7. The molecule has 0 amide bonds. The van der Waals surface area contributed by atoms with Crippen LogP contribution in [0, 0.1) is 5.92 Å². The summed E-state index contributed by atoms with van der Waals surface area (Å²) in [6, 6.07) is 3.50. The molecule has 0 aromatic carbocycles. The van der Waals surface area contributed by atoms with Crippen molar-refractivity contribution in [1.82, 2.24) is 15.1 Å². The lowest BCUT2D eigenvalue weighted by atomic mass is 9.98. The monoisotopic (exact) mass is 263 g/mol. The second-order valence-electron chi connectivity index (χ2n) is 5.82. The SMILES string of the molecule is CCNC1CCCC1Cc1ccn(C(CC)CC)n1. The third-order valence-electron chi connectivity index (χ3n) is 4.58. The van der Waals surface area contributed by atoms with Gasteiger partial charge in [-0.3, -0.25) is 4.68 Å². The first-order chi connectivity index (χ1) is 9.28. The molecular formula is C16H29N3. The van der Waals surface area contributed by atoms with Gasteiger partial charge < -0.3 is 5.32 Å². The minimum Gasteiger partial charge on any atom is -0.314 e. The molecule has 2 atom stereocenters. The number of nitrogens with zero attached hydrogens (tertiary/aromatic N) is 2. The minimum absolute atomic E-state index is 0.571. The minimum atomic E-state index is 0.571. The Morgan fingerprint density at radius 1 is 1.32 bits per heavy atom. The first-order valence-corrected chi connectivity index (χ1v) is 8.05. The number of hydrogen-bond acceptors (Lipinski definition) is 2. The number of nitrogens with one attached hydrogen (secondary N) is 1. The molecule has 1 heterocycles. The average Bonchev–Trinajstić information content (AvgIpc) is 3.03. The predicted octanol–water partition coefficient (Wildman–Crippen LogP) is 3.56. The molecule has 2 unspecified atom stereocenters. The summed E-state index contributed by atoms with van der Waals surface area (Å²) in [5.41, 5.74) is 1.28. The topological polar surface area (TPSA) is 29.9 Å². The Kier molecular flexibility index (Phi) is 5.44. The van der Waals surface area contributed by atoms with Crippen molar-refractivity contribution in [3.05, 3.63) is 18.0 Å². The highest BCUT2D eigenvalue weighted by Gasteiger charge is 2.27. The number of hydrogen-bond donors (Lipinski definition) is 1. The molecule has 1 aromatic heterocycles. The molecule has 0 bridgehead atoms. The smallest absolute Gasteiger partial charge is 0.0628 e. The van der Waals surface area contributed by atoms with Gasteiger partial charge in [0.2, 0.25) is 0 Å². The summed E-state index contributed by atoms with van der Waals surface area (Å²) in [6.07, 6.45) is 9.72. The van der Waals surface area contributed by atoms with Gasteiger partial charge in [-0.1, -0.05) is 27.2 Å². The van der Waals surface area contributed by atoms with Crippen molar-refractivity contribution < 1.29 is 0 Å². The molecular weight excluding hydrogens is 234 g/mol. The molecule has 1 aliphatic carbocycles. The Labute approximate surface area is 117 Å². The van der Waals surface area contributed by atoms with Crippen molar-refractivity contribution in [3.8, 4) is 0 Å². The van der Waals surface area contributed by atoms with Crippen LogP contribution < -0.4 is 5.32 Å². The van der Waals surface area contributed by atoms with Crippen molar-refractivity contribution in [2.75, 3.05) is 6.54 Å². The first-order valence-electron chi connectivity index (χ1n) is 8.05. The molecule has 1 N–H and O–H groups in total. The third-order valence-corrected chi connectivity index (χ3v) is 4.58. The molecule has 3 heteroatoms. The molecule has 1 fully saturated rings. The molecule has 0 aliphatic heterocycles. The molecule has 3 nitrogen and oxygen atoms in total. The van der Waals surface area contributed by atoms with E-state index in [-0.39, 0.29) is 0 Å². The fourth-order valence-electron chi connectivity index (χ4n) is 3.43. The maximum atomic E-state index is 4.80. The zero-order chi connectivity index (χ0) is 13.7. The average molecular weight is 263 g/mol. The van der Waals surface area contributed by atoms with Crippen LogP contribution in [0.5, 0.6) is 0 Å². The first kappa shape index (κ1) is 14.6. The fourth-order valence-corrected chi connectivity index (χ4v) is 3.43. The fraction of sp³-hybridized carbons (Fsp3) is 0.812. The maximum absolute atomic E-state index is 4.80. The summed E-state index contributed by atoms with van der Waals surface area (Å²) in [4.78, 5) is 0. The molecule has 0 spiro atoms. The van der Waals surface area contributed by atoms with Crippen LogP contribution >= 0.6 is 0 Å². The molecule has 0 radical (unpaired) electrons. The van der Waals surface area contributed by atoms with E-state index in [9.17, 15) is 0 Å². The highest BCUT2D eigenvalue weighted by Crippen LogP contribution is 2.28. The molecule has 2 rings (SSSR count). The number of aromatic nitrogens is 2. The largest absolute Gasteiger partial charge is 0.314 e. The maximum Gasteiger partial charge on any atom is 0.0628 e. The Bertz CT molecular complexity index is 368. The van der Waals surface area contributed by atoms with Crippen LogP contribution in [0.4, 0.5) is 0 Å². The van der Waals surface area contributed by atoms with E-state index in [4.69, 9.17) is 5.10 Å². The van der Waals surface area contributed by atoms with E-state index in [1.807, 2.05) is 0 Å². The van der Waals surface area contributed by atoms with Gasteiger partial charge in [0, 0.05) is 12.2 Å². The molecule has 1 saturated carbocycles. The zero-order valence-electron chi connectivity index (χ0n) is 12.7. The molecule has 0 saturated heterocycles. The van der Waals surface area contributed by atoms with Gasteiger partial charge in [0.15, 0.2) is 0 Å². The van der Waals surface area contributed by atoms with Crippen molar-refractivity contribution in [1.29, 1.82) is 0 Å². The van der Waals surface area contributed by atoms with E-state index < -0.39 is 0 Å². The van der Waals surface area contributed by atoms with Crippen molar-refractivity contribution in [2.45, 2.75) is 71.4 Å². The van der Waals surface area contributed by atoms with Crippen molar-refractivity contribution in [2.24, 2.45) is 5.92 Å². The van der Waals surface area contributed by atoms with Crippen LogP contribution in [0.15, 0.2) is 12.3 Å². The molecule has 108 valence electrons. The van der Waals surface area contributed by atoms with E-state index in [1.54, 1.807) is 0 Å². The highest BCUT2D eigenvalue weighted by atomic mass is 15.3. The van der Waals surface area contributed by atoms with Gasteiger partial charge in [0.05, 0.1) is 11.7 Å². The van der Waals surface area contributed by atoms with Crippen molar-refractivity contribution in [3.63, 3.8) is 0 Å². The van der Waals surface area contributed by atoms with Crippen LogP contribution in [0.1, 0.15) is 64.6 Å².